The molecule has 0 radical (unpaired) electrons. The third kappa shape index (κ3) is 22.1. The number of nitrogens with zero attached hydrogens (tertiary/aromatic N) is 1. The van der Waals surface area contributed by atoms with Gasteiger partial charge in [-0.05, 0) is 45.6 Å². The van der Waals surface area contributed by atoms with Crippen molar-refractivity contribution in [3.8, 4) is 0 Å². The van der Waals surface area contributed by atoms with Gasteiger partial charge >= 0.3 is 0 Å². The molecule has 0 aliphatic carbocycles. The van der Waals surface area contributed by atoms with Gasteiger partial charge in [-0.15, -0.1) is 0 Å². The molecular weight excluding hydrogens is 328 g/mol. The Morgan fingerprint density at radius 3 is 1.22 bits per heavy atom. The molecule has 0 aromatic heterocycles. The lowest BCUT2D eigenvalue weighted by Crippen LogP contribution is -2.27. The van der Waals surface area contributed by atoms with Gasteiger partial charge in [0.05, 0.1) is 0 Å². The lowest BCUT2D eigenvalue weighted by atomic mass is 10.0. The molecule has 0 aromatic rings. The van der Waals surface area contributed by atoms with Crippen molar-refractivity contribution in [3.05, 3.63) is 0 Å². The van der Waals surface area contributed by atoms with E-state index in [2.05, 4.69) is 31.0 Å². The Morgan fingerprint density at radius 2 is 0.815 bits per heavy atom. The fourth-order valence-electron chi connectivity index (χ4n) is 3.89. The van der Waals surface area contributed by atoms with Crippen LogP contribution in [-0.4, -0.2) is 37.6 Å². The van der Waals surface area contributed by atoms with Gasteiger partial charge in [-0.25, -0.2) is 0 Å². The summed E-state index contributed by atoms with van der Waals surface area (Å²) in [6.45, 7) is 12.9. The predicted octanol–water partition coefficient (Wildman–Crippen LogP) is 7.57. The van der Waals surface area contributed by atoms with Crippen LogP contribution in [0.3, 0.4) is 0 Å². The van der Waals surface area contributed by atoms with Crippen LogP contribution in [0.5, 0.6) is 0 Å². The van der Waals surface area contributed by atoms with E-state index in [0.717, 1.165) is 0 Å². The zero-order valence-electron chi connectivity index (χ0n) is 19.5. The Morgan fingerprint density at radius 1 is 0.444 bits per heavy atom. The summed E-state index contributed by atoms with van der Waals surface area (Å²) in [4.78, 5) is 2.51. The van der Waals surface area contributed by atoms with Crippen molar-refractivity contribution in [2.75, 3.05) is 32.7 Å². The summed E-state index contributed by atoms with van der Waals surface area (Å²) in [5.74, 6) is 0. The molecule has 0 aliphatic heterocycles. The normalized spacial score (nSPS) is 11.6. The number of unbranched alkanes of at least 4 members (excludes halogenated alkanes) is 15. The summed E-state index contributed by atoms with van der Waals surface area (Å²) >= 11 is 0. The third-order valence-electron chi connectivity index (χ3n) is 5.93. The number of hydrogen-bond donors (Lipinski definition) is 1. The van der Waals surface area contributed by atoms with Crippen molar-refractivity contribution in [2.24, 2.45) is 0 Å². The van der Waals surface area contributed by atoms with Gasteiger partial charge in [0, 0.05) is 0 Å². The zero-order chi connectivity index (χ0) is 19.8. The molecule has 0 saturated heterocycles. The van der Waals surface area contributed by atoms with Crippen LogP contribution >= 0.6 is 0 Å². The smallest absolute Gasteiger partial charge is 0.000687 e. The topological polar surface area (TPSA) is 15.3 Å². The second-order valence-electron chi connectivity index (χ2n) is 8.43. The quantitative estimate of drug-likeness (QED) is 0.183. The Bertz CT molecular complexity index is 251. The summed E-state index contributed by atoms with van der Waals surface area (Å²) in [5.41, 5.74) is 0. The van der Waals surface area contributed by atoms with Gasteiger partial charge in [-0.2, -0.15) is 0 Å². The molecule has 0 amide bonds. The number of hydrogen-bond acceptors (Lipinski definition) is 2. The fourth-order valence-corrected chi connectivity index (χ4v) is 3.89. The van der Waals surface area contributed by atoms with Crippen molar-refractivity contribution in [2.45, 2.75) is 130 Å². The van der Waals surface area contributed by atoms with Crippen LogP contribution in [0.1, 0.15) is 130 Å². The highest BCUT2D eigenvalue weighted by molar-refractivity contribution is 4.56. The van der Waals surface area contributed by atoms with E-state index in [1.165, 1.54) is 142 Å². The maximum atomic E-state index is 3.61. The average Bonchev–Trinajstić information content (AvgIpc) is 2.69. The van der Waals surface area contributed by atoms with Crippen LogP contribution in [0.15, 0.2) is 0 Å². The van der Waals surface area contributed by atoms with Crippen LogP contribution in [-0.2, 0) is 0 Å². The van der Waals surface area contributed by atoms with E-state index in [4.69, 9.17) is 0 Å². The summed E-state index contributed by atoms with van der Waals surface area (Å²) in [6, 6.07) is 0. The molecule has 0 heterocycles. The Kier molecular flexibility index (Phi) is 23.9. The number of nitrogens with one attached hydrogen (secondary N) is 1. The van der Waals surface area contributed by atoms with Crippen LogP contribution in [0.25, 0.3) is 0 Å². The zero-order valence-corrected chi connectivity index (χ0v) is 19.5. The molecule has 0 aromatic carbocycles. The van der Waals surface area contributed by atoms with Gasteiger partial charge in [0.15, 0.2) is 0 Å². The van der Waals surface area contributed by atoms with Gasteiger partial charge in [0.2, 0.25) is 0 Å². The molecule has 1 N–H and O–H groups in total. The highest BCUT2D eigenvalue weighted by Crippen LogP contribution is 2.13. The van der Waals surface area contributed by atoms with Crippen molar-refractivity contribution in [1.82, 2.24) is 10.2 Å². The van der Waals surface area contributed by atoms with Gasteiger partial charge in [-0.3, -0.25) is 0 Å². The molecule has 0 unspecified atom stereocenters. The van der Waals surface area contributed by atoms with Crippen LogP contribution in [0.4, 0.5) is 0 Å². The van der Waals surface area contributed by atoms with E-state index < -0.39 is 0 Å². The predicted molar refractivity (Wildman–Crippen MR) is 125 cm³/mol. The molecule has 0 rings (SSSR count). The van der Waals surface area contributed by atoms with Crippen LogP contribution < -0.4 is 5.32 Å². The molecule has 0 saturated carbocycles. The van der Waals surface area contributed by atoms with Gasteiger partial charge in [0.25, 0.3) is 0 Å². The van der Waals surface area contributed by atoms with Crippen molar-refractivity contribution >= 4 is 0 Å². The van der Waals surface area contributed by atoms with E-state index in [9.17, 15) is 0 Å². The lowest BCUT2D eigenvalue weighted by molar-refractivity contribution is 0.298. The number of rotatable bonds is 23. The molecule has 0 bridgehead atoms. The van der Waals surface area contributed by atoms with Crippen molar-refractivity contribution < 1.29 is 0 Å². The lowest BCUT2D eigenvalue weighted by Gasteiger charge is -2.17. The molecule has 0 atom stereocenters. The highest BCUT2D eigenvalue weighted by atomic mass is 15.1. The fraction of sp³-hybridized carbons (Fsp3) is 1.00. The first-order valence-electron chi connectivity index (χ1n) is 12.8. The maximum absolute atomic E-state index is 3.61. The minimum Gasteiger partial charge on any atom is -0.317 e. The van der Waals surface area contributed by atoms with E-state index in [-0.39, 0.29) is 0 Å². The largest absolute Gasteiger partial charge is 0.317 e. The second-order valence-corrected chi connectivity index (χ2v) is 8.43. The minimum absolute atomic E-state index is 1.19. The average molecular weight is 383 g/mol. The molecule has 164 valence electrons. The molecule has 2 heteroatoms. The Balaban J connectivity index is 3.03. The third-order valence-corrected chi connectivity index (χ3v) is 5.93. The SMILES string of the molecule is CCCCCCCCCCCCCCCCCCNCCCN(CC)CC. The van der Waals surface area contributed by atoms with Crippen molar-refractivity contribution in [1.29, 1.82) is 0 Å². The summed E-state index contributed by atoms with van der Waals surface area (Å²) in [5, 5.41) is 3.61. The van der Waals surface area contributed by atoms with E-state index in [0.29, 0.717) is 0 Å². The Hall–Kier alpha value is -0.0800. The summed E-state index contributed by atoms with van der Waals surface area (Å²) in [6.07, 6.45) is 24.5. The summed E-state index contributed by atoms with van der Waals surface area (Å²) in [7, 11) is 0. The second kappa shape index (κ2) is 24.0. The van der Waals surface area contributed by atoms with Crippen molar-refractivity contribution in [3.63, 3.8) is 0 Å². The molecule has 2 nitrogen and oxygen atoms in total. The molecular formula is C25H54N2. The van der Waals surface area contributed by atoms with Gasteiger partial charge < -0.3 is 10.2 Å². The maximum Gasteiger partial charge on any atom is -0.000687 e. The van der Waals surface area contributed by atoms with E-state index >= 15 is 0 Å². The Labute approximate surface area is 173 Å². The van der Waals surface area contributed by atoms with Crippen LogP contribution in [0.2, 0.25) is 0 Å². The first kappa shape index (κ1) is 26.9. The molecule has 0 aliphatic rings. The minimum atomic E-state index is 1.19. The monoisotopic (exact) mass is 382 g/mol. The first-order valence-corrected chi connectivity index (χ1v) is 12.8. The van der Waals surface area contributed by atoms with Crippen LogP contribution in [0, 0.1) is 0 Å². The van der Waals surface area contributed by atoms with Gasteiger partial charge in [-0.1, -0.05) is 117 Å². The molecule has 0 fully saturated rings. The first-order chi connectivity index (χ1) is 13.3. The molecule has 0 spiro atoms. The standard InChI is InChI=1S/C25H54N2/c1-4-7-8-9-10-11-12-13-14-15-16-17-18-19-20-21-23-26-24-22-25-27(5-2)6-3/h26H,4-25H2,1-3H3. The summed E-state index contributed by atoms with van der Waals surface area (Å²) < 4.78 is 0. The molecule has 27 heavy (non-hydrogen) atoms. The highest BCUT2D eigenvalue weighted by Gasteiger charge is 1.98. The van der Waals surface area contributed by atoms with E-state index in [1.54, 1.807) is 0 Å². The van der Waals surface area contributed by atoms with E-state index in [1.807, 2.05) is 0 Å². The van der Waals surface area contributed by atoms with Gasteiger partial charge in [0.1, 0.15) is 0 Å².